The molecule has 22 heavy (non-hydrogen) atoms. The summed E-state index contributed by atoms with van der Waals surface area (Å²) in [6.07, 6.45) is 6.58. The molecule has 3 atom stereocenters. The number of benzene rings is 1. The highest BCUT2D eigenvalue weighted by Crippen LogP contribution is 2.44. The Bertz CT molecular complexity index is 695. The highest BCUT2D eigenvalue weighted by atomic mass is 32.2. The Morgan fingerprint density at radius 2 is 2.36 bits per heavy atom. The molecule has 0 spiro atoms. The number of H-pyrrole nitrogens is 1. The maximum absolute atomic E-state index is 10.4. The normalized spacial score (nSPS) is 27.8. The van der Waals surface area contributed by atoms with E-state index in [1.165, 1.54) is 28.5 Å². The van der Waals surface area contributed by atoms with Crippen molar-refractivity contribution in [2.24, 2.45) is 5.92 Å². The van der Waals surface area contributed by atoms with Crippen LogP contribution in [0.3, 0.4) is 0 Å². The molecule has 1 fully saturated rings. The van der Waals surface area contributed by atoms with E-state index in [0.717, 1.165) is 18.7 Å². The van der Waals surface area contributed by atoms with E-state index in [0.29, 0.717) is 23.6 Å². The second-order valence-electron chi connectivity index (χ2n) is 6.66. The Labute approximate surface area is 135 Å². The van der Waals surface area contributed by atoms with E-state index in [1.54, 1.807) is 11.8 Å². The first-order chi connectivity index (χ1) is 10.8. The van der Waals surface area contributed by atoms with Gasteiger partial charge in [0.2, 0.25) is 6.29 Å². The molecule has 2 aliphatic rings. The summed E-state index contributed by atoms with van der Waals surface area (Å²) >= 11 is 1.72. The van der Waals surface area contributed by atoms with Crippen LogP contribution in [0.25, 0.3) is 10.9 Å². The lowest BCUT2D eigenvalue weighted by Crippen LogP contribution is -2.48. The van der Waals surface area contributed by atoms with Crippen LogP contribution in [0.5, 0.6) is 0 Å². The predicted octanol–water partition coefficient (Wildman–Crippen LogP) is 2.97. The topological polar surface area (TPSA) is 36.1 Å². The number of likely N-dealkylation sites (N-methyl/N-ethyl adjacent to an activating group) is 1. The number of aromatic nitrogens is 1. The van der Waals surface area contributed by atoms with E-state index in [2.05, 4.69) is 41.3 Å². The monoisotopic (exact) mass is 313 g/mol. The van der Waals surface area contributed by atoms with Gasteiger partial charge in [-0.15, -0.1) is 0 Å². The van der Waals surface area contributed by atoms with E-state index < -0.39 is 0 Å². The minimum atomic E-state index is 0.506. The van der Waals surface area contributed by atoms with Crippen molar-refractivity contribution >= 4 is 29.0 Å². The molecular weight excluding hydrogens is 292 g/mol. The fourth-order valence-corrected chi connectivity index (χ4v) is 5.22. The Hall–Kier alpha value is -1.26. The van der Waals surface area contributed by atoms with Gasteiger partial charge >= 0.3 is 0 Å². The average Bonchev–Trinajstić information content (AvgIpc) is 2.94. The van der Waals surface area contributed by atoms with E-state index >= 15 is 0 Å². The number of hydrogen-bond acceptors (Lipinski definition) is 3. The first kappa shape index (κ1) is 14.3. The molecule has 0 unspecified atom stereocenters. The third kappa shape index (κ3) is 2.29. The van der Waals surface area contributed by atoms with Crippen LogP contribution in [-0.2, 0) is 11.2 Å². The van der Waals surface area contributed by atoms with Crippen molar-refractivity contribution in [1.82, 2.24) is 9.88 Å². The molecule has 2 aromatic rings. The number of hydrogen-bond donors (Lipinski definition) is 1. The van der Waals surface area contributed by atoms with Gasteiger partial charge in [0.15, 0.2) is 0 Å². The van der Waals surface area contributed by atoms with Gasteiger partial charge < -0.3 is 9.88 Å². The molecule has 1 aliphatic carbocycles. The molecule has 115 valence electrons. The molecule has 0 bridgehead atoms. The molecular formula is C18H21N2OS. The summed E-state index contributed by atoms with van der Waals surface area (Å²) in [7, 11) is 2.26. The van der Waals surface area contributed by atoms with Gasteiger partial charge in [-0.05, 0) is 48.8 Å². The second kappa shape index (κ2) is 5.74. The number of nitrogens with one attached hydrogen (secondary N) is 1. The van der Waals surface area contributed by atoms with Crippen LogP contribution in [0.2, 0.25) is 0 Å². The van der Waals surface area contributed by atoms with Gasteiger partial charge in [-0.3, -0.25) is 4.79 Å². The van der Waals surface area contributed by atoms with Crippen molar-refractivity contribution in [1.29, 1.82) is 0 Å². The first-order valence-corrected chi connectivity index (χ1v) is 9.15. The van der Waals surface area contributed by atoms with Gasteiger partial charge in [-0.25, -0.2) is 0 Å². The van der Waals surface area contributed by atoms with Gasteiger partial charge in [0, 0.05) is 35.6 Å². The lowest BCUT2D eigenvalue weighted by molar-refractivity contribution is 0.121. The fraction of sp³-hybridized carbons (Fsp3) is 0.500. The smallest absolute Gasteiger partial charge is 0.209 e. The molecule has 3 nitrogen and oxygen atoms in total. The number of piperidine rings is 1. The minimum Gasteiger partial charge on any atom is -0.361 e. The molecule has 1 saturated heterocycles. The third-order valence-electron chi connectivity index (χ3n) is 5.33. The van der Waals surface area contributed by atoms with Crippen LogP contribution >= 0.6 is 11.8 Å². The molecule has 0 amide bonds. The van der Waals surface area contributed by atoms with Crippen LogP contribution in [0, 0.1) is 5.92 Å². The zero-order chi connectivity index (χ0) is 15.1. The van der Waals surface area contributed by atoms with Gasteiger partial charge in [-0.2, -0.15) is 11.8 Å². The van der Waals surface area contributed by atoms with E-state index in [-0.39, 0.29) is 0 Å². The van der Waals surface area contributed by atoms with Crippen LogP contribution in [-0.4, -0.2) is 47.3 Å². The molecule has 4 rings (SSSR count). The van der Waals surface area contributed by atoms with Crippen molar-refractivity contribution in [3.8, 4) is 0 Å². The van der Waals surface area contributed by atoms with E-state index in [4.69, 9.17) is 0 Å². The average molecular weight is 313 g/mol. The van der Waals surface area contributed by atoms with Crippen LogP contribution < -0.4 is 0 Å². The molecule has 1 aliphatic heterocycles. The SMILES string of the molecule is CN1C[C@H](CSC[C]=O)C[C@@H]2c3cccc4[nH]cc(c34)C[C@H]21. The predicted molar refractivity (Wildman–Crippen MR) is 92.3 cm³/mol. The quantitative estimate of drug-likeness (QED) is 0.882. The molecule has 1 radical (unpaired) electrons. The van der Waals surface area contributed by atoms with Crippen molar-refractivity contribution < 1.29 is 4.79 Å². The second-order valence-corrected chi connectivity index (χ2v) is 7.69. The van der Waals surface area contributed by atoms with Crippen molar-refractivity contribution in [2.45, 2.75) is 24.8 Å². The molecule has 1 N–H and O–H groups in total. The minimum absolute atomic E-state index is 0.506. The third-order valence-corrected chi connectivity index (χ3v) is 6.36. The zero-order valence-corrected chi connectivity index (χ0v) is 13.7. The Morgan fingerprint density at radius 3 is 3.23 bits per heavy atom. The maximum atomic E-state index is 10.4. The number of fused-ring (bicyclic) bond motifs is 2. The Morgan fingerprint density at radius 1 is 1.45 bits per heavy atom. The molecule has 0 saturated carbocycles. The van der Waals surface area contributed by atoms with Crippen LogP contribution in [0.4, 0.5) is 0 Å². The lowest BCUT2D eigenvalue weighted by atomic mass is 9.73. The van der Waals surface area contributed by atoms with Gasteiger partial charge in [0.1, 0.15) is 0 Å². The van der Waals surface area contributed by atoms with E-state index in [9.17, 15) is 4.79 Å². The molecule has 1 aromatic carbocycles. The van der Waals surface area contributed by atoms with E-state index in [1.807, 2.05) is 6.29 Å². The van der Waals surface area contributed by atoms with Crippen molar-refractivity contribution in [3.05, 3.63) is 35.5 Å². The zero-order valence-electron chi connectivity index (χ0n) is 12.8. The number of aromatic amines is 1. The maximum Gasteiger partial charge on any atom is 0.209 e. The molecule has 2 heterocycles. The Kier molecular flexibility index (Phi) is 3.74. The summed E-state index contributed by atoms with van der Waals surface area (Å²) in [6, 6.07) is 7.30. The number of carbonyl (C=O) groups excluding carboxylic acids is 1. The standard InChI is InChI=1S/C18H21N2OS/c1-20-10-12(11-22-6-5-21)7-15-14-3-2-4-16-18(14)13(9-19-16)8-17(15)20/h2-4,9,12,15,17,19H,6-8,10-11H2,1H3/t12-,15-,17-/m1/s1. The van der Waals surface area contributed by atoms with Crippen LogP contribution in [0.15, 0.2) is 24.4 Å². The fourth-order valence-electron chi connectivity index (χ4n) is 4.44. The van der Waals surface area contributed by atoms with Crippen molar-refractivity contribution in [2.75, 3.05) is 25.1 Å². The number of rotatable bonds is 4. The number of nitrogens with zero attached hydrogens (tertiary/aromatic N) is 1. The molecule has 1 aromatic heterocycles. The highest BCUT2D eigenvalue weighted by molar-refractivity contribution is 7.99. The number of likely N-dealkylation sites (tertiary alicyclic amines) is 1. The largest absolute Gasteiger partial charge is 0.361 e. The molecule has 4 heteroatoms. The lowest BCUT2D eigenvalue weighted by Gasteiger charge is -2.45. The van der Waals surface area contributed by atoms with Gasteiger partial charge in [0.05, 0.1) is 5.75 Å². The summed E-state index contributed by atoms with van der Waals surface area (Å²) in [5.41, 5.74) is 4.27. The first-order valence-electron chi connectivity index (χ1n) is 7.99. The summed E-state index contributed by atoms with van der Waals surface area (Å²) in [6.45, 7) is 1.14. The van der Waals surface area contributed by atoms with Crippen LogP contribution in [0.1, 0.15) is 23.5 Å². The summed E-state index contributed by atoms with van der Waals surface area (Å²) in [5.74, 6) is 2.86. The number of thioether (sulfide) groups is 1. The summed E-state index contributed by atoms with van der Waals surface area (Å²) < 4.78 is 0. The van der Waals surface area contributed by atoms with Gasteiger partial charge in [0.25, 0.3) is 0 Å². The Balaban J connectivity index is 1.65. The summed E-state index contributed by atoms with van der Waals surface area (Å²) in [4.78, 5) is 16.4. The summed E-state index contributed by atoms with van der Waals surface area (Å²) in [5, 5.41) is 1.46. The van der Waals surface area contributed by atoms with Gasteiger partial charge in [-0.1, -0.05) is 12.1 Å². The highest BCUT2D eigenvalue weighted by Gasteiger charge is 2.39. The van der Waals surface area contributed by atoms with Crippen molar-refractivity contribution in [3.63, 3.8) is 0 Å².